The van der Waals surface area contributed by atoms with E-state index in [0.717, 1.165) is 9.75 Å². The van der Waals surface area contributed by atoms with E-state index in [0.29, 0.717) is 17.0 Å². The fourth-order valence-electron chi connectivity index (χ4n) is 2.90. The third-order valence-electron chi connectivity index (χ3n) is 4.20. The van der Waals surface area contributed by atoms with E-state index in [1.807, 2.05) is 19.1 Å². The average Bonchev–Trinajstić information content (AvgIpc) is 3.27. The van der Waals surface area contributed by atoms with Gasteiger partial charge in [0.2, 0.25) is 0 Å². The molecule has 9 nitrogen and oxygen atoms in total. The molecule has 132 valence electrons. The number of ether oxygens (including phenoxy) is 1. The highest BCUT2D eigenvalue weighted by atomic mass is 32.1. The fourth-order valence-corrected chi connectivity index (χ4v) is 3.70. The number of aromatic nitrogens is 4. The molecule has 0 radical (unpaired) electrons. The van der Waals surface area contributed by atoms with Crippen LogP contribution in [0.2, 0.25) is 0 Å². The van der Waals surface area contributed by atoms with Crippen LogP contribution in [0.3, 0.4) is 0 Å². The molecule has 0 saturated carbocycles. The van der Waals surface area contributed by atoms with E-state index in [1.165, 1.54) is 22.2 Å². The minimum Gasteiger partial charge on any atom is -0.394 e. The van der Waals surface area contributed by atoms with Gasteiger partial charge < -0.3 is 25.8 Å². The monoisotopic (exact) mass is 363 g/mol. The summed E-state index contributed by atoms with van der Waals surface area (Å²) in [6.45, 7) is 1.58. The molecule has 5 N–H and O–H groups in total. The van der Waals surface area contributed by atoms with Gasteiger partial charge in [-0.3, -0.25) is 4.57 Å². The van der Waals surface area contributed by atoms with E-state index in [2.05, 4.69) is 15.0 Å². The van der Waals surface area contributed by atoms with Crippen LogP contribution in [0.4, 0.5) is 5.82 Å². The molecule has 3 aromatic rings. The number of imidazole rings is 1. The Labute approximate surface area is 146 Å². The van der Waals surface area contributed by atoms with Crippen molar-refractivity contribution in [2.24, 2.45) is 0 Å². The molecule has 0 aliphatic carbocycles. The topological polar surface area (TPSA) is 140 Å². The molecule has 1 aliphatic rings. The molecule has 1 fully saturated rings. The van der Waals surface area contributed by atoms with Crippen LogP contribution in [0.1, 0.15) is 11.1 Å². The molecule has 10 heteroatoms. The number of thiophene rings is 1. The molecule has 3 aromatic heterocycles. The van der Waals surface area contributed by atoms with Crippen molar-refractivity contribution in [3.8, 4) is 10.7 Å². The normalized spacial score (nSPS) is 26.6. The number of rotatable bonds is 3. The number of nitrogens with two attached hydrogens (primary N) is 1. The number of hydrogen-bond acceptors (Lipinski definition) is 9. The second-order valence-corrected chi connectivity index (χ2v) is 7.18. The van der Waals surface area contributed by atoms with E-state index < -0.39 is 31.1 Å². The molecular weight excluding hydrogens is 346 g/mol. The number of aliphatic hydroxyl groups is 3. The lowest BCUT2D eigenvalue weighted by molar-refractivity contribution is -0.0511. The molecule has 4 rings (SSSR count). The maximum absolute atomic E-state index is 10.2. The van der Waals surface area contributed by atoms with Gasteiger partial charge in [-0.15, -0.1) is 11.3 Å². The summed E-state index contributed by atoms with van der Waals surface area (Å²) in [5.41, 5.74) is 6.79. The van der Waals surface area contributed by atoms with Gasteiger partial charge in [-0.2, -0.15) is 0 Å². The summed E-state index contributed by atoms with van der Waals surface area (Å²) in [7, 11) is 0. The quantitative estimate of drug-likeness (QED) is 0.512. The minimum atomic E-state index is -1.22. The maximum Gasteiger partial charge on any atom is 0.173 e. The molecule has 4 heterocycles. The SMILES string of the molecule is Cc1ccc(-c2nc(N)c3ncn(C4O[C@H](CO)[C@@H](O)[C@H]4O)c3n2)s1. The van der Waals surface area contributed by atoms with Gasteiger partial charge in [0.1, 0.15) is 23.8 Å². The van der Waals surface area contributed by atoms with Crippen molar-refractivity contribution in [2.75, 3.05) is 12.3 Å². The molecule has 0 spiro atoms. The Hall–Kier alpha value is -2.11. The molecule has 0 aromatic carbocycles. The van der Waals surface area contributed by atoms with E-state index in [4.69, 9.17) is 10.5 Å². The van der Waals surface area contributed by atoms with E-state index in [1.54, 1.807) is 0 Å². The Morgan fingerprint density at radius 1 is 1.28 bits per heavy atom. The summed E-state index contributed by atoms with van der Waals surface area (Å²) in [5, 5.41) is 29.5. The van der Waals surface area contributed by atoms with Crippen LogP contribution in [-0.2, 0) is 4.74 Å². The first-order valence-corrected chi connectivity index (χ1v) is 8.50. The fraction of sp³-hybridized carbons (Fsp3) is 0.400. The van der Waals surface area contributed by atoms with Crippen molar-refractivity contribution in [3.63, 3.8) is 0 Å². The van der Waals surface area contributed by atoms with Gasteiger partial charge in [-0.25, -0.2) is 15.0 Å². The number of nitrogen functional groups attached to an aromatic ring is 1. The Morgan fingerprint density at radius 2 is 2.08 bits per heavy atom. The van der Waals surface area contributed by atoms with Crippen molar-refractivity contribution >= 4 is 28.3 Å². The van der Waals surface area contributed by atoms with Gasteiger partial charge in [-0.05, 0) is 19.1 Å². The number of hydrogen-bond donors (Lipinski definition) is 4. The zero-order chi connectivity index (χ0) is 17.7. The van der Waals surface area contributed by atoms with Gasteiger partial charge in [0.15, 0.2) is 23.5 Å². The van der Waals surface area contributed by atoms with Crippen LogP contribution in [0, 0.1) is 6.92 Å². The molecule has 1 unspecified atom stereocenters. The van der Waals surface area contributed by atoms with Crippen molar-refractivity contribution in [2.45, 2.75) is 31.5 Å². The van der Waals surface area contributed by atoms with Crippen LogP contribution >= 0.6 is 11.3 Å². The molecule has 4 atom stereocenters. The van der Waals surface area contributed by atoms with Crippen LogP contribution in [0.25, 0.3) is 21.9 Å². The standard InChI is InChI=1S/C15H17N5O4S/c1-6-2-3-8(25-6)13-18-12(16)9-14(19-13)20(5-17-9)15-11(23)10(22)7(4-21)24-15/h2-3,5,7,10-11,15,21-23H,4H2,1H3,(H2,16,18,19)/t7-,10-,11-,15?/m1/s1. The van der Waals surface area contributed by atoms with E-state index >= 15 is 0 Å². The second-order valence-electron chi connectivity index (χ2n) is 5.90. The summed E-state index contributed by atoms with van der Waals surface area (Å²) in [6, 6.07) is 3.88. The predicted octanol–water partition coefficient (Wildman–Crippen LogP) is 0.0569. The summed E-state index contributed by atoms with van der Waals surface area (Å²) < 4.78 is 7.05. The summed E-state index contributed by atoms with van der Waals surface area (Å²) in [4.78, 5) is 15.0. The number of aryl methyl sites for hydroxylation is 1. The number of nitrogens with zero attached hydrogens (tertiary/aromatic N) is 4. The van der Waals surface area contributed by atoms with E-state index in [9.17, 15) is 15.3 Å². The molecule has 1 aliphatic heterocycles. The number of aliphatic hydroxyl groups excluding tert-OH is 3. The van der Waals surface area contributed by atoms with Crippen molar-refractivity contribution in [1.29, 1.82) is 0 Å². The summed E-state index contributed by atoms with van der Waals surface area (Å²) >= 11 is 1.54. The zero-order valence-electron chi connectivity index (χ0n) is 13.3. The third-order valence-corrected chi connectivity index (χ3v) is 5.20. The zero-order valence-corrected chi connectivity index (χ0v) is 14.1. The lowest BCUT2D eigenvalue weighted by atomic mass is 10.1. The summed E-state index contributed by atoms with van der Waals surface area (Å²) in [6.07, 6.45) is -2.80. The minimum absolute atomic E-state index is 0.219. The van der Waals surface area contributed by atoms with E-state index in [-0.39, 0.29) is 5.82 Å². The highest BCUT2D eigenvalue weighted by molar-refractivity contribution is 7.15. The number of anilines is 1. The average molecular weight is 363 g/mol. The Balaban J connectivity index is 1.82. The Morgan fingerprint density at radius 3 is 2.72 bits per heavy atom. The second kappa shape index (κ2) is 6.00. The predicted molar refractivity (Wildman–Crippen MR) is 90.8 cm³/mol. The first kappa shape index (κ1) is 16.4. The molecule has 0 bridgehead atoms. The van der Waals surface area contributed by atoms with Crippen molar-refractivity contribution in [1.82, 2.24) is 19.5 Å². The lowest BCUT2D eigenvalue weighted by Gasteiger charge is -2.16. The smallest absolute Gasteiger partial charge is 0.173 e. The van der Waals surface area contributed by atoms with Crippen LogP contribution in [-0.4, -0.2) is 59.8 Å². The summed E-state index contributed by atoms with van der Waals surface area (Å²) in [5.74, 6) is 0.674. The first-order valence-electron chi connectivity index (χ1n) is 7.69. The van der Waals surface area contributed by atoms with Crippen LogP contribution in [0.5, 0.6) is 0 Å². The first-order chi connectivity index (χ1) is 12.0. The largest absolute Gasteiger partial charge is 0.394 e. The van der Waals surface area contributed by atoms with Crippen LogP contribution < -0.4 is 5.73 Å². The number of fused-ring (bicyclic) bond motifs is 1. The highest BCUT2D eigenvalue weighted by Gasteiger charge is 2.44. The van der Waals surface area contributed by atoms with Crippen molar-refractivity contribution in [3.05, 3.63) is 23.3 Å². The molecular formula is C15H17N5O4S. The van der Waals surface area contributed by atoms with Crippen LogP contribution in [0.15, 0.2) is 18.5 Å². The maximum atomic E-state index is 10.2. The van der Waals surface area contributed by atoms with Gasteiger partial charge in [0.05, 0.1) is 17.8 Å². The molecule has 25 heavy (non-hydrogen) atoms. The van der Waals surface area contributed by atoms with Gasteiger partial charge in [0.25, 0.3) is 0 Å². The van der Waals surface area contributed by atoms with Gasteiger partial charge in [-0.1, -0.05) is 0 Å². The van der Waals surface area contributed by atoms with Crippen molar-refractivity contribution < 1.29 is 20.1 Å². The Kier molecular flexibility index (Phi) is 3.93. The van der Waals surface area contributed by atoms with Gasteiger partial charge in [0, 0.05) is 4.88 Å². The molecule has 1 saturated heterocycles. The van der Waals surface area contributed by atoms with Gasteiger partial charge >= 0.3 is 0 Å². The third kappa shape index (κ3) is 2.58. The molecule has 0 amide bonds. The Bertz CT molecular complexity index is 926. The highest BCUT2D eigenvalue weighted by Crippen LogP contribution is 2.33. The lowest BCUT2D eigenvalue weighted by Crippen LogP contribution is -2.33.